The number of carbonyl (C=O) groups is 2. The zero-order valence-electron chi connectivity index (χ0n) is 11.5. The Morgan fingerprint density at radius 1 is 1.21 bits per heavy atom. The van der Waals surface area contributed by atoms with Gasteiger partial charge < -0.3 is 5.11 Å². The van der Waals surface area contributed by atoms with Crippen molar-refractivity contribution in [1.29, 1.82) is 0 Å². The summed E-state index contributed by atoms with van der Waals surface area (Å²) in [5.41, 5.74) is 0.523. The molecule has 1 amide bonds. The fraction of sp³-hybridized carbons (Fsp3) is 0.200. The van der Waals surface area contributed by atoms with Gasteiger partial charge in [0.25, 0.3) is 0 Å². The smallest absolute Gasteiger partial charge is 0.326 e. The summed E-state index contributed by atoms with van der Waals surface area (Å²) >= 11 is 0. The van der Waals surface area contributed by atoms with Crippen molar-refractivity contribution in [2.24, 2.45) is 0 Å². The van der Waals surface area contributed by atoms with Crippen LogP contribution in [0.2, 0.25) is 0 Å². The maximum atomic E-state index is 12.0. The number of anilines is 1. The van der Waals surface area contributed by atoms with E-state index in [1.54, 1.807) is 12.1 Å². The first-order valence-corrected chi connectivity index (χ1v) is 5.88. The fourth-order valence-electron chi connectivity index (χ4n) is 2.09. The summed E-state index contributed by atoms with van der Waals surface area (Å²) in [6, 6.07) is 11.8. The Morgan fingerprint density at radius 2 is 1.89 bits per heavy atom. The molecule has 0 saturated heterocycles. The molecule has 0 radical (unpaired) electrons. The Labute approximate surface area is 112 Å². The largest absolute Gasteiger partial charge is 0.480 e. The van der Waals surface area contributed by atoms with E-state index in [1.807, 2.05) is 30.3 Å². The van der Waals surface area contributed by atoms with Crippen LogP contribution in [0.4, 0.5) is 5.69 Å². The molecule has 98 valence electrons. The molecule has 0 fully saturated rings. The molecule has 19 heavy (non-hydrogen) atoms. The first kappa shape index (κ1) is 11.7. The number of carbonyl (C=O) groups excluding carboxylic acids is 1. The van der Waals surface area contributed by atoms with Crippen molar-refractivity contribution < 1.29 is 16.1 Å². The van der Waals surface area contributed by atoms with Gasteiger partial charge in [-0.15, -0.1) is 0 Å². The summed E-state index contributed by atoms with van der Waals surface area (Å²) in [6.07, 6.45) is 0. The predicted octanol–water partition coefficient (Wildman–Crippen LogP) is 2.67. The number of carboxylic acid groups (broad SMARTS) is 1. The zero-order valence-corrected chi connectivity index (χ0v) is 10.5. The average molecular weight is 258 g/mol. The van der Waals surface area contributed by atoms with Crippen molar-refractivity contribution in [2.75, 3.05) is 4.90 Å². The highest BCUT2D eigenvalue weighted by molar-refractivity contribution is 6.05. The standard InChI is InChI=1S/C15H15NO3/c1-10(15(18)19)16(11(2)17)14-9-5-7-12-6-3-4-8-13(12)14/h3-10H,1-2H3,(H,18,19)/t10-/m0/s1/i2D. The number of nitrogens with zero attached hydrogens (tertiary/aromatic N) is 1. The quantitative estimate of drug-likeness (QED) is 0.920. The van der Waals surface area contributed by atoms with Crippen LogP contribution in [0.3, 0.4) is 0 Å². The molecule has 4 nitrogen and oxygen atoms in total. The molecule has 0 spiro atoms. The summed E-state index contributed by atoms with van der Waals surface area (Å²) in [5.74, 6) is -1.63. The second kappa shape index (κ2) is 5.10. The molecular weight excluding hydrogens is 242 g/mol. The second-order valence-corrected chi connectivity index (χ2v) is 4.28. The lowest BCUT2D eigenvalue weighted by atomic mass is 10.1. The molecule has 2 rings (SSSR count). The Bertz CT molecular complexity index is 651. The second-order valence-electron chi connectivity index (χ2n) is 4.28. The molecule has 0 bridgehead atoms. The lowest BCUT2D eigenvalue weighted by Crippen LogP contribution is -2.42. The van der Waals surface area contributed by atoms with Gasteiger partial charge in [-0.05, 0) is 18.4 Å². The molecule has 0 saturated carbocycles. The van der Waals surface area contributed by atoms with Gasteiger partial charge in [0.2, 0.25) is 5.91 Å². The van der Waals surface area contributed by atoms with E-state index >= 15 is 0 Å². The molecular formula is C15H15NO3. The van der Waals surface area contributed by atoms with Gasteiger partial charge in [0.1, 0.15) is 6.04 Å². The van der Waals surface area contributed by atoms with E-state index in [1.165, 1.54) is 11.8 Å². The Hall–Kier alpha value is -2.36. The van der Waals surface area contributed by atoms with Crippen LogP contribution in [-0.2, 0) is 9.59 Å². The topological polar surface area (TPSA) is 57.6 Å². The molecule has 1 N–H and O–H groups in total. The van der Waals surface area contributed by atoms with Crippen LogP contribution >= 0.6 is 0 Å². The Balaban J connectivity index is 2.62. The highest BCUT2D eigenvalue weighted by Crippen LogP contribution is 2.28. The maximum Gasteiger partial charge on any atom is 0.326 e. The Kier molecular flexibility index (Phi) is 3.14. The van der Waals surface area contributed by atoms with E-state index in [4.69, 9.17) is 1.37 Å². The molecule has 0 heterocycles. The van der Waals surface area contributed by atoms with Crippen LogP contribution in [0.1, 0.15) is 15.2 Å². The minimum atomic E-state index is -1.10. The number of hydrogen-bond acceptors (Lipinski definition) is 2. The maximum absolute atomic E-state index is 12.0. The Morgan fingerprint density at radius 3 is 2.58 bits per heavy atom. The molecule has 0 aliphatic carbocycles. The molecule has 0 aliphatic heterocycles. The van der Waals surface area contributed by atoms with E-state index in [-0.39, 0.29) is 0 Å². The van der Waals surface area contributed by atoms with Gasteiger partial charge in [0.05, 0.1) is 5.69 Å². The minimum Gasteiger partial charge on any atom is -0.480 e. The summed E-state index contributed by atoms with van der Waals surface area (Å²) in [6.45, 7) is 0.957. The summed E-state index contributed by atoms with van der Waals surface area (Å²) in [5, 5.41) is 10.9. The highest BCUT2D eigenvalue weighted by Gasteiger charge is 2.25. The predicted molar refractivity (Wildman–Crippen MR) is 74.2 cm³/mol. The van der Waals surface area contributed by atoms with Crippen molar-refractivity contribution in [3.8, 4) is 0 Å². The SMILES string of the molecule is [2H]CC(=O)N(c1cccc2ccccc12)[C@@H](C)C(=O)O. The minimum absolute atomic E-state index is 0.485. The molecule has 1 atom stereocenters. The van der Waals surface area contributed by atoms with Gasteiger partial charge >= 0.3 is 5.97 Å². The summed E-state index contributed by atoms with van der Waals surface area (Å²) < 4.78 is 7.25. The number of carboxylic acids is 1. The van der Waals surface area contributed by atoms with Crippen molar-refractivity contribution in [3.05, 3.63) is 42.5 Å². The van der Waals surface area contributed by atoms with Gasteiger partial charge in [-0.3, -0.25) is 9.69 Å². The fourth-order valence-corrected chi connectivity index (χ4v) is 2.09. The number of hydrogen-bond donors (Lipinski definition) is 1. The monoisotopic (exact) mass is 258 g/mol. The van der Waals surface area contributed by atoms with E-state index in [9.17, 15) is 14.7 Å². The molecule has 2 aromatic carbocycles. The van der Waals surface area contributed by atoms with E-state index in [2.05, 4.69) is 0 Å². The van der Waals surface area contributed by atoms with E-state index < -0.39 is 24.8 Å². The van der Waals surface area contributed by atoms with Crippen molar-refractivity contribution >= 4 is 28.3 Å². The molecule has 4 heteroatoms. The van der Waals surface area contributed by atoms with Crippen LogP contribution in [0.25, 0.3) is 10.8 Å². The first-order chi connectivity index (χ1) is 9.56. The lowest BCUT2D eigenvalue weighted by Gasteiger charge is -2.26. The van der Waals surface area contributed by atoms with Crippen LogP contribution in [0.5, 0.6) is 0 Å². The van der Waals surface area contributed by atoms with Gasteiger partial charge in [-0.2, -0.15) is 0 Å². The molecule has 0 aromatic heterocycles. The van der Waals surface area contributed by atoms with E-state index in [0.717, 1.165) is 10.8 Å². The number of fused-ring (bicyclic) bond motifs is 1. The van der Waals surface area contributed by atoms with Crippen LogP contribution in [0, 0.1) is 0 Å². The highest BCUT2D eigenvalue weighted by atomic mass is 16.4. The van der Waals surface area contributed by atoms with Crippen molar-refractivity contribution in [2.45, 2.75) is 19.9 Å². The third kappa shape index (κ3) is 2.42. The van der Waals surface area contributed by atoms with Gasteiger partial charge in [-0.1, -0.05) is 36.4 Å². The first-order valence-electron chi connectivity index (χ1n) is 6.59. The van der Waals surface area contributed by atoms with Crippen LogP contribution in [-0.4, -0.2) is 23.0 Å². The number of aliphatic carboxylic acids is 1. The third-order valence-corrected chi connectivity index (χ3v) is 3.04. The van der Waals surface area contributed by atoms with Crippen molar-refractivity contribution in [3.63, 3.8) is 0 Å². The van der Waals surface area contributed by atoms with Gasteiger partial charge in [0.15, 0.2) is 0 Å². The summed E-state index contributed by atoms with van der Waals surface area (Å²) in [4.78, 5) is 24.4. The molecule has 2 aromatic rings. The lowest BCUT2D eigenvalue weighted by molar-refractivity contribution is -0.139. The molecule has 0 aliphatic rings. The number of benzene rings is 2. The zero-order chi connectivity index (χ0) is 14.7. The number of amides is 1. The normalized spacial score (nSPS) is 12.8. The molecule has 0 unspecified atom stereocenters. The van der Waals surface area contributed by atoms with Gasteiger partial charge in [0, 0.05) is 13.7 Å². The number of rotatable bonds is 3. The summed E-state index contributed by atoms with van der Waals surface area (Å²) in [7, 11) is 0. The third-order valence-electron chi connectivity index (χ3n) is 3.04. The van der Waals surface area contributed by atoms with Crippen molar-refractivity contribution in [1.82, 2.24) is 0 Å². The van der Waals surface area contributed by atoms with E-state index in [0.29, 0.717) is 5.69 Å². The average Bonchev–Trinajstić information content (AvgIpc) is 2.47. The van der Waals surface area contributed by atoms with Crippen LogP contribution in [0.15, 0.2) is 42.5 Å². The van der Waals surface area contributed by atoms with Crippen LogP contribution < -0.4 is 4.90 Å². The van der Waals surface area contributed by atoms with Gasteiger partial charge in [-0.25, -0.2) is 4.79 Å².